The zero-order valence-corrected chi connectivity index (χ0v) is 9.92. The highest BCUT2D eigenvalue weighted by Crippen LogP contribution is 2.29. The van der Waals surface area contributed by atoms with Gasteiger partial charge in [0.1, 0.15) is 0 Å². The average Bonchev–Trinajstić information content (AvgIpc) is 2.40. The molecule has 0 fully saturated rings. The van der Waals surface area contributed by atoms with E-state index in [0.717, 1.165) is 24.3 Å². The number of hydrogen-bond donors (Lipinski definition) is 0. The maximum Gasteiger partial charge on any atom is 0.416 e. The van der Waals surface area contributed by atoms with Gasteiger partial charge in [-0.05, 0) is 30.3 Å². The summed E-state index contributed by atoms with van der Waals surface area (Å²) in [6, 6.07) is 7.62. The second kappa shape index (κ2) is 5.20. The number of halogens is 3. The lowest BCUT2D eigenvalue weighted by Crippen LogP contribution is -2.29. The first kappa shape index (κ1) is 13.9. The van der Waals surface area contributed by atoms with E-state index in [0.29, 0.717) is 4.73 Å². The normalized spacial score (nSPS) is 11.2. The van der Waals surface area contributed by atoms with Gasteiger partial charge in [-0.3, -0.25) is 4.79 Å². The fraction of sp³-hybridized carbons (Fsp3) is 0.0769. The van der Waals surface area contributed by atoms with Crippen LogP contribution in [0.2, 0.25) is 0 Å². The summed E-state index contributed by atoms with van der Waals surface area (Å²) in [4.78, 5) is 27.7. The Balaban J connectivity index is 2.18. The summed E-state index contributed by atoms with van der Waals surface area (Å²) < 4.78 is 37.8. The molecular formula is C13H8F3NO3. The molecule has 0 saturated carbocycles. The lowest BCUT2D eigenvalue weighted by molar-refractivity contribution is -0.137. The summed E-state index contributed by atoms with van der Waals surface area (Å²) in [5.41, 5.74) is -1.52. The standard InChI is InChI=1S/C13H8F3NO3/c14-13(15,16)10-6-4-9(5-7-10)12(19)20-17-8-2-1-3-11(17)18/h1-8H. The van der Waals surface area contributed by atoms with Crippen molar-refractivity contribution in [2.24, 2.45) is 0 Å². The van der Waals surface area contributed by atoms with E-state index in [1.165, 1.54) is 24.4 Å². The second-order valence-corrected chi connectivity index (χ2v) is 3.82. The molecule has 0 spiro atoms. The molecule has 4 nitrogen and oxygen atoms in total. The van der Waals surface area contributed by atoms with E-state index in [-0.39, 0.29) is 5.56 Å². The van der Waals surface area contributed by atoms with Crippen LogP contribution < -0.4 is 10.4 Å². The Hall–Kier alpha value is -2.57. The van der Waals surface area contributed by atoms with E-state index in [1.807, 2.05) is 0 Å². The Morgan fingerprint density at radius 3 is 2.25 bits per heavy atom. The Kier molecular flexibility index (Phi) is 3.60. The monoisotopic (exact) mass is 283 g/mol. The van der Waals surface area contributed by atoms with Crippen molar-refractivity contribution in [3.63, 3.8) is 0 Å². The second-order valence-electron chi connectivity index (χ2n) is 3.82. The fourth-order valence-electron chi connectivity index (χ4n) is 1.43. The van der Waals surface area contributed by atoms with Crippen LogP contribution >= 0.6 is 0 Å². The van der Waals surface area contributed by atoms with Crippen LogP contribution in [-0.2, 0) is 6.18 Å². The molecule has 0 radical (unpaired) electrons. The first-order valence-corrected chi connectivity index (χ1v) is 5.45. The highest BCUT2D eigenvalue weighted by molar-refractivity contribution is 5.89. The minimum Gasteiger partial charge on any atom is -0.328 e. The molecule has 0 atom stereocenters. The molecule has 104 valence electrons. The van der Waals surface area contributed by atoms with Gasteiger partial charge in [-0.15, -0.1) is 4.73 Å². The average molecular weight is 283 g/mol. The summed E-state index contributed by atoms with van der Waals surface area (Å²) in [5.74, 6) is -0.924. The minimum absolute atomic E-state index is 0.0891. The maximum absolute atomic E-state index is 12.4. The van der Waals surface area contributed by atoms with Gasteiger partial charge >= 0.3 is 12.1 Å². The highest BCUT2D eigenvalue weighted by Gasteiger charge is 2.30. The summed E-state index contributed by atoms with van der Waals surface area (Å²) in [7, 11) is 0. The van der Waals surface area contributed by atoms with Crippen molar-refractivity contribution in [3.05, 3.63) is 70.1 Å². The maximum atomic E-state index is 12.4. The molecule has 20 heavy (non-hydrogen) atoms. The van der Waals surface area contributed by atoms with Crippen LogP contribution in [0, 0.1) is 0 Å². The third-order valence-electron chi connectivity index (χ3n) is 2.42. The summed E-state index contributed by atoms with van der Waals surface area (Å²) in [5, 5.41) is 0. The Morgan fingerprint density at radius 2 is 1.70 bits per heavy atom. The molecule has 1 aromatic heterocycles. The third kappa shape index (κ3) is 3.05. The highest BCUT2D eigenvalue weighted by atomic mass is 19.4. The lowest BCUT2D eigenvalue weighted by atomic mass is 10.1. The van der Waals surface area contributed by atoms with Gasteiger partial charge in [0.2, 0.25) is 0 Å². The van der Waals surface area contributed by atoms with Gasteiger partial charge < -0.3 is 4.84 Å². The molecule has 2 aromatic rings. The van der Waals surface area contributed by atoms with Crippen molar-refractivity contribution in [1.82, 2.24) is 4.73 Å². The summed E-state index contributed by atoms with van der Waals surface area (Å²) in [6.07, 6.45) is -3.25. The van der Waals surface area contributed by atoms with Crippen molar-refractivity contribution in [2.75, 3.05) is 0 Å². The smallest absolute Gasteiger partial charge is 0.328 e. The van der Waals surface area contributed by atoms with Crippen LogP contribution in [0.1, 0.15) is 15.9 Å². The van der Waals surface area contributed by atoms with Gasteiger partial charge in [-0.2, -0.15) is 13.2 Å². The molecule has 0 bridgehead atoms. The molecule has 0 unspecified atom stereocenters. The first-order chi connectivity index (χ1) is 9.38. The number of carbonyl (C=O) groups is 1. The number of rotatable bonds is 2. The molecule has 0 amide bonds. The molecule has 7 heteroatoms. The number of carbonyl (C=O) groups excluding carboxylic acids is 1. The van der Waals surface area contributed by atoms with E-state index in [2.05, 4.69) is 0 Å². The molecule has 0 aliphatic rings. The molecular weight excluding hydrogens is 275 g/mol. The van der Waals surface area contributed by atoms with Crippen molar-refractivity contribution in [3.8, 4) is 0 Å². The van der Waals surface area contributed by atoms with Crippen LogP contribution in [0.5, 0.6) is 0 Å². The Labute approximate surface area is 111 Å². The first-order valence-electron chi connectivity index (χ1n) is 5.45. The van der Waals surface area contributed by atoms with Crippen LogP contribution in [0.3, 0.4) is 0 Å². The lowest BCUT2D eigenvalue weighted by Gasteiger charge is -2.08. The predicted molar refractivity (Wildman–Crippen MR) is 63.1 cm³/mol. The zero-order chi connectivity index (χ0) is 14.8. The topological polar surface area (TPSA) is 48.3 Å². The van der Waals surface area contributed by atoms with Crippen molar-refractivity contribution in [1.29, 1.82) is 0 Å². The van der Waals surface area contributed by atoms with Gasteiger partial charge in [0.15, 0.2) is 0 Å². The van der Waals surface area contributed by atoms with Crippen LogP contribution in [0.15, 0.2) is 53.5 Å². The fourth-order valence-corrected chi connectivity index (χ4v) is 1.43. The molecule has 1 aromatic carbocycles. The Bertz CT molecular complexity index is 674. The van der Waals surface area contributed by atoms with Crippen LogP contribution in [0.4, 0.5) is 13.2 Å². The zero-order valence-electron chi connectivity index (χ0n) is 9.92. The van der Waals surface area contributed by atoms with Crippen LogP contribution in [-0.4, -0.2) is 10.7 Å². The minimum atomic E-state index is -4.47. The van der Waals surface area contributed by atoms with Gasteiger partial charge in [0.25, 0.3) is 5.56 Å². The van der Waals surface area contributed by atoms with Gasteiger partial charge in [0.05, 0.1) is 11.1 Å². The van der Waals surface area contributed by atoms with Crippen molar-refractivity contribution >= 4 is 5.97 Å². The Morgan fingerprint density at radius 1 is 1.05 bits per heavy atom. The summed E-state index contributed by atoms with van der Waals surface area (Å²) in [6.45, 7) is 0. The van der Waals surface area contributed by atoms with E-state index in [9.17, 15) is 22.8 Å². The molecule has 0 saturated heterocycles. The number of benzene rings is 1. The number of nitrogens with zero attached hydrogens (tertiary/aromatic N) is 1. The van der Waals surface area contributed by atoms with Gasteiger partial charge in [0, 0.05) is 12.3 Å². The molecule has 1 heterocycles. The number of pyridine rings is 1. The quantitative estimate of drug-likeness (QED) is 0.848. The van der Waals surface area contributed by atoms with Crippen molar-refractivity contribution < 1.29 is 22.8 Å². The predicted octanol–water partition coefficient (Wildman–Crippen LogP) is 2.14. The molecule has 0 N–H and O–H groups in total. The molecule has 0 aliphatic heterocycles. The molecule has 2 rings (SSSR count). The van der Waals surface area contributed by atoms with Crippen LogP contribution in [0.25, 0.3) is 0 Å². The number of alkyl halides is 3. The van der Waals surface area contributed by atoms with E-state index in [4.69, 9.17) is 4.84 Å². The summed E-state index contributed by atoms with van der Waals surface area (Å²) >= 11 is 0. The van der Waals surface area contributed by atoms with E-state index < -0.39 is 23.3 Å². The molecule has 0 aliphatic carbocycles. The van der Waals surface area contributed by atoms with E-state index >= 15 is 0 Å². The number of aromatic nitrogens is 1. The van der Waals surface area contributed by atoms with Gasteiger partial charge in [-0.25, -0.2) is 4.79 Å². The largest absolute Gasteiger partial charge is 0.416 e. The SMILES string of the molecule is O=C(On1ccccc1=O)c1ccc(C(F)(F)F)cc1. The van der Waals surface area contributed by atoms with E-state index in [1.54, 1.807) is 0 Å². The van der Waals surface area contributed by atoms with Crippen molar-refractivity contribution in [2.45, 2.75) is 6.18 Å². The van der Waals surface area contributed by atoms with Gasteiger partial charge in [-0.1, -0.05) is 6.07 Å². The third-order valence-corrected chi connectivity index (χ3v) is 2.42. The number of hydrogen-bond acceptors (Lipinski definition) is 3.